The minimum absolute atomic E-state index is 0.0882. The fraction of sp³-hybridized carbons (Fsp3) is 0.150. The Morgan fingerprint density at radius 3 is 1.19 bits per heavy atom. The maximum absolute atomic E-state index is 4.85. The number of aromatic nitrogens is 4. The number of anilines is 11. The molecule has 8 aromatic carbocycles. The van der Waals surface area contributed by atoms with E-state index in [2.05, 4.69) is 283 Å². The fourth-order valence-corrected chi connectivity index (χ4v) is 14.3. The fourth-order valence-electron chi connectivity index (χ4n) is 13.9. The third-order valence-corrected chi connectivity index (χ3v) is 19.1. The minimum atomic E-state index is -0.209. The molecule has 16 rings (SSSR count). The molecule has 0 saturated carbocycles. The Balaban J connectivity index is 0.000000134. The summed E-state index contributed by atoms with van der Waals surface area (Å²) in [5.41, 5.74) is 24.7. The molecule has 4 aromatic heterocycles. The summed E-state index contributed by atoms with van der Waals surface area (Å²) >= 11 is 3.43. The first kappa shape index (κ1) is 56.8. The Labute approximate surface area is 531 Å². The molecule has 4 aliphatic rings. The van der Waals surface area contributed by atoms with E-state index >= 15 is 0 Å². The number of pyridine rings is 4. The van der Waals surface area contributed by atoms with Crippen molar-refractivity contribution in [2.75, 3.05) is 20.0 Å². The second kappa shape index (κ2) is 22.3. The van der Waals surface area contributed by atoms with Crippen molar-refractivity contribution in [3.8, 4) is 22.5 Å². The standard InChI is InChI=1S/C40H34N4.C29H27N3.C11H8BrN/c1-39(2)29-16-5-7-19-34(29)43(28-15-13-14-27(24-28)33-18-9-11-22-41-33)36-26-37-32(25-31(36)39)40(3,4)30-17-6-8-20-35(30)44(37)38-21-10-12-23-42-38;1-28(2)19-11-5-7-13-23(19)31-24-18-26-22(17-21(24)28)29(3,4)20-12-6-8-14-25(20)32(26)27-15-9-10-16-30-27;12-10-5-3-4-9(8-10)11-6-1-2-7-13-11/h5-26H,1-4H3;5-18,31H,1-4H3;1-8H. The number of halogens is 1. The van der Waals surface area contributed by atoms with Crippen LogP contribution in [0.5, 0.6) is 0 Å². The highest BCUT2D eigenvalue weighted by atomic mass is 79.9. The lowest BCUT2D eigenvalue weighted by atomic mass is 9.68. The van der Waals surface area contributed by atoms with Gasteiger partial charge in [-0.1, -0.05) is 193 Å². The number of benzene rings is 8. The van der Waals surface area contributed by atoms with E-state index in [0.29, 0.717) is 0 Å². The first-order valence-electron chi connectivity index (χ1n) is 30.5. The average Bonchev–Trinajstić information content (AvgIpc) is 0.746. The molecule has 0 bridgehead atoms. The maximum atomic E-state index is 4.85. The molecule has 1 N–H and O–H groups in total. The van der Waals surface area contributed by atoms with Crippen molar-refractivity contribution < 1.29 is 0 Å². The molecule has 0 amide bonds. The number of hydrogen-bond donors (Lipinski definition) is 1. The van der Waals surface area contributed by atoms with E-state index in [1.807, 2.05) is 79.3 Å². The van der Waals surface area contributed by atoms with Crippen LogP contribution in [0.25, 0.3) is 22.5 Å². The summed E-state index contributed by atoms with van der Waals surface area (Å²) in [5.74, 6) is 1.85. The molecule has 0 unspecified atom stereocenters. The predicted molar refractivity (Wildman–Crippen MR) is 371 cm³/mol. The number of fused-ring (bicyclic) bond motifs is 8. The Bertz CT molecular complexity index is 4620. The minimum Gasteiger partial charge on any atom is -0.355 e. The molecule has 4 aliphatic heterocycles. The summed E-state index contributed by atoms with van der Waals surface area (Å²) in [5, 5.41) is 3.72. The molecule has 436 valence electrons. The largest absolute Gasteiger partial charge is 0.355 e. The van der Waals surface area contributed by atoms with E-state index in [9.17, 15) is 0 Å². The number of nitrogens with zero attached hydrogens (tertiary/aromatic N) is 7. The van der Waals surface area contributed by atoms with Crippen LogP contribution in [-0.2, 0) is 21.7 Å². The van der Waals surface area contributed by atoms with Gasteiger partial charge in [0.2, 0.25) is 0 Å². The topological polar surface area (TPSA) is 73.3 Å². The number of hydrogen-bond acceptors (Lipinski definition) is 8. The van der Waals surface area contributed by atoms with Gasteiger partial charge in [0.1, 0.15) is 11.6 Å². The van der Waals surface area contributed by atoms with E-state index in [1.165, 1.54) is 84.3 Å². The average molecular weight is 1220 g/mol. The van der Waals surface area contributed by atoms with Crippen molar-refractivity contribution >= 4 is 78.8 Å². The summed E-state index contributed by atoms with van der Waals surface area (Å²) in [6.45, 7) is 18.8. The van der Waals surface area contributed by atoms with Gasteiger partial charge in [0.15, 0.2) is 0 Å². The predicted octanol–water partition coefficient (Wildman–Crippen LogP) is 21.4. The van der Waals surface area contributed by atoms with Crippen LogP contribution in [0.15, 0.2) is 272 Å². The molecule has 0 atom stereocenters. The Morgan fingerprint density at radius 1 is 0.292 bits per heavy atom. The lowest BCUT2D eigenvalue weighted by Crippen LogP contribution is -2.35. The third kappa shape index (κ3) is 9.85. The van der Waals surface area contributed by atoms with Gasteiger partial charge in [0.25, 0.3) is 0 Å². The van der Waals surface area contributed by atoms with Crippen LogP contribution in [0.1, 0.15) is 99.9 Å². The summed E-state index contributed by atoms with van der Waals surface area (Å²) in [6, 6.07) is 85.7. The van der Waals surface area contributed by atoms with Gasteiger partial charge in [-0.05, 0) is 166 Å². The highest BCUT2D eigenvalue weighted by Gasteiger charge is 2.44. The van der Waals surface area contributed by atoms with Crippen molar-refractivity contribution in [2.24, 2.45) is 0 Å². The van der Waals surface area contributed by atoms with Crippen LogP contribution in [0, 0.1) is 0 Å². The van der Waals surface area contributed by atoms with Crippen molar-refractivity contribution in [3.63, 3.8) is 0 Å². The SMILES string of the molecule is Brc1cccc(-c2ccccn2)c1.CC1(C)c2ccccc2N(c2cccc(-c3ccccn3)c2)c2cc3c(cc21)C(C)(C)c1ccccc1N3c1ccccn1.CC1(C)c2ccccc2Nc2cc3c(cc21)C(C)(C)c1ccccc1N3c1ccccn1. The summed E-state index contributed by atoms with van der Waals surface area (Å²) in [4.78, 5) is 25.6. The zero-order valence-electron chi connectivity index (χ0n) is 51.4. The molecule has 0 aliphatic carbocycles. The molecule has 8 nitrogen and oxygen atoms in total. The second-order valence-electron chi connectivity index (χ2n) is 25.4. The van der Waals surface area contributed by atoms with Gasteiger partial charge in [0.05, 0.1) is 45.5 Å². The van der Waals surface area contributed by atoms with E-state index in [-0.39, 0.29) is 21.7 Å². The molecule has 12 aromatic rings. The Kier molecular flexibility index (Phi) is 14.3. The summed E-state index contributed by atoms with van der Waals surface area (Å²) in [6.07, 6.45) is 7.41. The van der Waals surface area contributed by atoms with Gasteiger partial charge >= 0.3 is 0 Å². The van der Waals surface area contributed by atoms with Gasteiger partial charge in [-0.3, -0.25) is 19.8 Å². The van der Waals surface area contributed by atoms with Crippen LogP contribution in [0.2, 0.25) is 0 Å². The normalized spacial score (nSPS) is 15.2. The van der Waals surface area contributed by atoms with Crippen LogP contribution >= 0.6 is 15.9 Å². The second-order valence-corrected chi connectivity index (χ2v) is 26.3. The molecule has 0 fully saturated rings. The Hall–Kier alpha value is -9.96. The number of rotatable bonds is 5. The molecule has 8 heterocycles. The third-order valence-electron chi connectivity index (χ3n) is 18.6. The van der Waals surface area contributed by atoms with Crippen molar-refractivity contribution in [3.05, 3.63) is 316 Å². The molecule has 0 radical (unpaired) electrons. The van der Waals surface area contributed by atoms with E-state index < -0.39 is 0 Å². The smallest absolute Gasteiger partial charge is 0.137 e. The maximum Gasteiger partial charge on any atom is 0.137 e. The van der Waals surface area contributed by atoms with Crippen molar-refractivity contribution in [1.29, 1.82) is 0 Å². The number of nitrogens with one attached hydrogen (secondary N) is 1. The monoisotopic (exact) mass is 1220 g/mol. The zero-order valence-corrected chi connectivity index (χ0v) is 53.0. The molecule has 89 heavy (non-hydrogen) atoms. The molecular weight excluding hydrogens is 1150 g/mol. The van der Waals surface area contributed by atoms with E-state index in [0.717, 1.165) is 50.0 Å². The molecular formula is C80H69BrN8. The summed E-state index contributed by atoms with van der Waals surface area (Å²) in [7, 11) is 0. The highest BCUT2D eigenvalue weighted by Crippen LogP contribution is 2.60. The van der Waals surface area contributed by atoms with Gasteiger partial charge in [-0.15, -0.1) is 0 Å². The quantitative estimate of drug-likeness (QED) is 0.183. The van der Waals surface area contributed by atoms with Gasteiger partial charge in [0, 0.05) is 79.1 Å². The molecule has 0 spiro atoms. The lowest BCUT2D eigenvalue weighted by molar-refractivity contribution is 0.607. The van der Waals surface area contributed by atoms with Gasteiger partial charge in [-0.2, -0.15) is 0 Å². The highest BCUT2D eigenvalue weighted by molar-refractivity contribution is 9.10. The van der Waals surface area contributed by atoms with Gasteiger partial charge in [-0.25, -0.2) is 9.97 Å². The number of para-hydroxylation sites is 4. The first-order chi connectivity index (χ1) is 43.1. The van der Waals surface area contributed by atoms with Crippen molar-refractivity contribution in [2.45, 2.75) is 77.0 Å². The van der Waals surface area contributed by atoms with Crippen LogP contribution in [0.4, 0.5) is 62.8 Å². The van der Waals surface area contributed by atoms with Crippen molar-refractivity contribution in [1.82, 2.24) is 19.9 Å². The Morgan fingerprint density at radius 2 is 0.697 bits per heavy atom. The molecule has 9 heteroatoms. The van der Waals surface area contributed by atoms with E-state index in [4.69, 9.17) is 9.97 Å². The van der Waals surface area contributed by atoms with Crippen LogP contribution in [0.3, 0.4) is 0 Å². The van der Waals surface area contributed by atoms with Crippen LogP contribution in [-0.4, -0.2) is 19.9 Å². The van der Waals surface area contributed by atoms with Crippen LogP contribution < -0.4 is 20.0 Å². The lowest BCUT2D eigenvalue weighted by Gasteiger charge is -2.46. The van der Waals surface area contributed by atoms with E-state index in [1.54, 1.807) is 6.20 Å². The zero-order chi connectivity index (χ0) is 61.2. The molecule has 0 saturated heterocycles. The summed E-state index contributed by atoms with van der Waals surface area (Å²) < 4.78 is 1.08. The first-order valence-corrected chi connectivity index (χ1v) is 31.3. The van der Waals surface area contributed by atoms with Gasteiger partial charge < -0.3 is 10.2 Å².